The number of nitrogens with zero attached hydrogens (tertiary/aromatic N) is 1. The lowest BCUT2D eigenvalue weighted by Crippen LogP contribution is -2.36. The first-order valence-corrected chi connectivity index (χ1v) is 8.11. The van der Waals surface area contributed by atoms with Gasteiger partial charge in [0.15, 0.2) is 5.78 Å². The number of halogens is 1. The summed E-state index contributed by atoms with van der Waals surface area (Å²) in [5.41, 5.74) is 0.972. The zero-order valence-electron chi connectivity index (χ0n) is 12.9. The number of allylic oxidation sites excluding steroid dienone is 1. The molecule has 1 saturated heterocycles. The molecule has 3 nitrogen and oxygen atoms in total. The van der Waals surface area contributed by atoms with Crippen molar-refractivity contribution in [1.82, 2.24) is 4.90 Å². The van der Waals surface area contributed by atoms with Gasteiger partial charge in [-0.3, -0.25) is 9.59 Å². The van der Waals surface area contributed by atoms with E-state index in [0.29, 0.717) is 17.2 Å². The van der Waals surface area contributed by atoms with Gasteiger partial charge in [-0.05, 0) is 56.6 Å². The third-order valence-electron chi connectivity index (χ3n) is 4.17. The van der Waals surface area contributed by atoms with Gasteiger partial charge in [-0.15, -0.1) is 0 Å². The highest BCUT2D eigenvalue weighted by molar-refractivity contribution is 6.30. The van der Waals surface area contributed by atoms with Crippen LogP contribution in [0.15, 0.2) is 30.3 Å². The molecule has 2 rings (SSSR count). The summed E-state index contributed by atoms with van der Waals surface area (Å²) in [6.07, 6.45) is 5.81. The minimum absolute atomic E-state index is 0.128. The predicted octanol–water partition coefficient (Wildman–Crippen LogP) is 3.61. The fourth-order valence-corrected chi connectivity index (χ4v) is 2.80. The smallest absolute Gasteiger partial charge is 0.156 e. The lowest BCUT2D eigenvalue weighted by molar-refractivity contribution is -0.122. The van der Waals surface area contributed by atoms with Gasteiger partial charge in [0.1, 0.15) is 5.78 Å². The minimum atomic E-state index is 0.128. The molecule has 1 fully saturated rings. The summed E-state index contributed by atoms with van der Waals surface area (Å²) < 4.78 is 0. The fraction of sp³-hybridized carbons (Fsp3) is 0.444. The van der Waals surface area contributed by atoms with Crippen LogP contribution in [0.1, 0.15) is 31.7 Å². The first-order chi connectivity index (χ1) is 10.5. The molecule has 0 aromatic heterocycles. The van der Waals surface area contributed by atoms with Gasteiger partial charge in [0.25, 0.3) is 0 Å². The van der Waals surface area contributed by atoms with Crippen molar-refractivity contribution in [3.63, 3.8) is 0 Å². The summed E-state index contributed by atoms with van der Waals surface area (Å²) >= 11 is 5.82. The SMILES string of the molecule is CC(=O)C1CCN(CCC(=O)/C=C/c2ccc(Cl)cc2)CC1. The second-order valence-corrected chi connectivity index (χ2v) is 6.26. The Hall–Kier alpha value is -1.45. The predicted molar refractivity (Wildman–Crippen MR) is 90.0 cm³/mol. The van der Waals surface area contributed by atoms with E-state index in [1.54, 1.807) is 13.0 Å². The monoisotopic (exact) mass is 319 g/mol. The number of benzene rings is 1. The van der Waals surface area contributed by atoms with Gasteiger partial charge in [0.05, 0.1) is 0 Å². The van der Waals surface area contributed by atoms with E-state index < -0.39 is 0 Å². The van der Waals surface area contributed by atoms with Crippen molar-refractivity contribution in [3.8, 4) is 0 Å². The molecule has 0 amide bonds. The van der Waals surface area contributed by atoms with Crippen molar-refractivity contribution in [2.24, 2.45) is 5.92 Å². The highest BCUT2D eigenvalue weighted by Crippen LogP contribution is 2.18. The van der Waals surface area contributed by atoms with Gasteiger partial charge in [-0.25, -0.2) is 0 Å². The van der Waals surface area contributed by atoms with Crippen molar-refractivity contribution in [2.45, 2.75) is 26.2 Å². The average Bonchev–Trinajstić information content (AvgIpc) is 2.52. The molecule has 1 heterocycles. The Morgan fingerprint density at radius 2 is 1.86 bits per heavy atom. The van der Waals surface area contributed by atoms with E-state index in [0.717, 1.165) is 38.0 Å². The Kier molecular flexibility index (Phi) is 6.34. The molecule has 0 unspecified atom stereocenters. The maximum Gasteiger partial charge on any atom is 0.156 e. The number of ketones is 2. The molecule has 118 valence electrons. The van der Waals surface area contributed by atoms with Crippen molar-refractivity contribution < 1.29 is 9.59 Å². The fourth-order valence-electron chi connectivity index (χ4n) is 2.68. The molecule has 1 aliphatic heterocycles. The number of carbonyl (C=O) groups excluding carboxylic acids is 2. The summed E-state index contributed by atoms with van der Waals surface area (Å²) in [5.74, 6) is 0.641. The first kappa shape index (κ1) is 16.9. The third kappa shape index (κ3) is 5.39. The molecule has 0 bridgehead atoms. The number of piperidine rings is 1. The Bertz CT molecular complexity index is 543. The largest absolute Gasteiger partial charge is 0.303 e. The van der Waals surface area contributed by atoms with E-state index in [1.807, 2.05) is 30.3 Å². The second kappa shape index (κ2) is 8.25. The van der Waals surface area contributed by atoms with Crippen LogP contribution in [0.4, 0.5) is 0 Å². The Labute approximate surface area is 137 Å². The van der Waals surface area contributed by atoms with Crippen molar-refractivity contribution in [2.75, 3.05) is 19.6 Å². The lowest BCUT2D eigenvalue weighted by Gasteiger charge is -2.30. The van der Waals surface area contributed by atoms with Crippen molar-refractivity contribution >= 4 is 29.2 Å². The molecule has 0 radical (unpaired) electrons. The molecule has 0 N–H and O–H groups in total. The van der Waals surface area contributed by atoms with Crippen LogP contribution in [0.3, 0.4) is 0 Å². The quantitative estimate of drug-likeness (QED) is 0.752. The molecule has 1 aliphatic rings. The highest BCUT2D eigenvalue weighted by atomic mass is 35.5. The first-order valence-electron chi connectivity index (χ1n) is 7.74. The van der Waals surface area contributed by atoms with E-state index in [2.05, 4.69) is 4.90 Å². The summed E-state index contributed by atoms with van der Waals surface area (Å²) in [7, 11) is 0. The normalized spacial score (nSPS) is 17.0. The van der Waals surface area contributed by atoms with Crippen LogP contribution in [0, 0.1) is 5.92 Å². The van der Waals surface area contributed by atoms with E-state index in [9.17, 15) is 9.59 Å². The molecule has 0 spiro atoms. The lowest BCUT2D eigenvalue weighted by atomic mass is 9.93. The molecular formula is C18H22ClNO2. The van der Waals surface area contributed by atoms with Gasteiger partial charge in [-0.2, -0.15) is 0 Å². The number of Topliss-reactive ketones (excluding diaryl/α,β-unsaturated/α-hetero) is 1. The van der Waals surface area contributed by atoms with Crippen LogP contribution in [-0.2, 0) is 9.59 Å². The van der Waals surface area contributed by atoms with E-state index in [1.165, 1.54) is 0 Å². The Morgan fingerprint density at radius 1 is 1.23 bits per heavy atom. The number of hydrogen-bond donors (Lipinski definition) is 0. The molecule has 0 aliphatic carbocycles. The maximum atomic E-state index is 11.9. The summed E-state index contributed by atoms with van der Waals surface area (Å²) in [4.78, 5) is 25.5. The number of rotatable bonds is 6. The molecule has 0 saturated carbocycles. The number of hydrogen-bond acceptors (Lipinski definition) is 3. The summed E-state index contributed by atoms with van der Waals surface area (Å²) in [6, 6.07) is 7.40. The average molecular weight is 320 g/mol. The zero-order valence-corrected chi connectivity index (χ0v) is 13.7. The van der Waals surface area contributed by atoms with Gasteiger partial charge >= 0.3 is 0 Å². The molecule has 22 heavy (non-hydrogen) atoms. The number of carbonyl (C=O) groups is 2. The maximum absolute atomic E-state index is 11.9. The molecule has 0 atom stereocenters. The standard InChI is InChI=1S/C18H22ClNO2/c1-14(21)16-8-11-20(12-9-16)13-10-18(22)7-4-15-2-5-17(19)6-3-15/h2-7,16H,8-13H2,1H3/b7-4+. The Morgan fingerprint density at radius 3 is 2.45 bits per heavy atom. The second-order valence-electron chi connectivity index (χ2n) is 5.83. The molecule has 1 aromatic carbocycles. The highest BCUT2D eigenvalue weighted by Gasteiger charge is 2.22. The van der Waals surface area contributed by atoms with Gasteiger partial charge in [-0.1, -0.05) is 29.8 Å². The summed E-state index contributed by atoms with van der Waals surface area (Å²) in [6.45, 7) is 4.27. The van der Waals surface area contributed by atoms with E-state index >= 15 is 0 Å². The van der Waals surface area contributed by atoms with Gasteiger partial charge < -0.3 is 4.90 Å². The Balaban J connectivity index is 1.72. The zero-order chi connectivity index (χ0) is 15.9. The van der Waals surface area contributed by atoms with Gasteiger partial charge in [0, 0.05) is 23.9 Å². The van der Waals surface area contributed by atoms with Crippen LogP contribution < -0.4 is 0 Å². The molecule has 1 aromatic rings. The van der Waals surface area contributed by atoms with Crippen LogP contribution in [0.25, 0.3) is 6.08 Å². The third-order valence-corrected chi connectivity index (χ3v) is 4.42. The van der Waals surface area contributed by atoms with E-state index in [-0.39, 0.29) is 11.7 Å². The van der Waals surface area contributed by atoms with Gasteiger partial charge in [0.2, 0.25) is 0 Å². The van der Waals surface area contributed by atoms with Crippen molar-refractivity contribution in [3.05, 3.63) is 40.9 Å². The molecule has 4 heteroatoms. The number of likely N-dealkylation sites (tertiary alicyclic amines) is 1. The summed E-state index contributed by atoms with van der Waals surface area (Å²) in [5, 5.41) is 0.692. The van der Waals surface area contributed by atoms with Crippen LogP contribution in [0.5, 0.6) is 0 Å². The van der Waals surface area contributed by atoms with Crippen LogP contribution in [-0.4, -0.2) is 36.1 Å². The van der Waals surface area contributed by atoms with Crippen LogP contribution >= 0.6 is 11.6 Å². The van der Waals surface area contributed by atoms with E-state index in [4.69, 9.17) is 11.6 Å². The molecular weight excluding hydrogens is 298 g/mol. The topological polar surface area (TPSA) is 37.4 Å². The van der Waals surface area contributed by atoms with Crippen LogP contribution in [0.2, 0.25) is 5.02 Å². The van der Waals surface area contributed by atoms with Crippen molar-refractivity contribution in [1.29, 1.82) is 0 Å². The minimum Gasteiger partial charge on any atom is -0.303 e.